The van der Waals surface area contributed by atoms with Crippen molar-refractivity contribution in [2.75, 3.05) is 18.5 Å². The van der Waals surface area contributed by atoms with Crippen molar-refractivity contribution in [3.63, 3.8) is 0 Å². The van der Waals surface area contributed by atoms with Crippen molar-refractivity contribution >= 4 is 5.82 Å². The van der Waals surface area contributed by atoms with Gasteiger partial charge in [0.2, 0.25) is 0 Å². The van der Waals surface area contributed by atoms with E-state index in [9.17, 15) is 0 Å². The van der Waals surface area contributed by atoms with Gasteiger partial charge in [-0.05, 0) is 42.2 Å². The number of hydrogen-bond donors (Lipinski definition) is 1. The van der Waals surface area contributed by atoms with Gasteiger partial charge in [0.05, 0.1) is 6.61 Å². The Bertz CT molecular complexity index is 704. The van der Waals surface area contributed by atoms with E-state index in [4.69, 9.17) is 10.00 Å². The van der Waals surface area contributed by atoms with Crippen LogP contribution in [-0.2, 0) is 12.8 Å². The second-order valence-electron chi connectivity index (χ2n) is 5.19. The van der Waals surface area contributed by atoms with Crippen LogP contribution >= 0.6 is 0 Å². The van der Waals surface area contributed by atoms with Crippen LogP contribution < -0.4 is 10.1 Å². The molecule has 1 aliphatic rings. The highest BCUT2D eigenvalue weighted by Gasteiger charge is 2.11. The summed E-state index contributed by atoms with van der Waals surface area (Å²) in [5.41, 5.74) is 3.98. The number of pyridine rings is 1. The highest BCUT2D eigenvalue weighted by atomic mass is 16.5. The predicted molar refractivity (Wildman–Crippen MR) is 81.5 cm³/mol. The monoisotopic (exact) mass is 279 g/mol. The van der Waals surface area contributed by atoms with Crippen LogP contribution in [-0.4, -0.2) is 18.1 Å². The van der Waals surface area contributed by atoms with Gasteiger partial charge in [0, 0.05) is 13.0 Å². The number of anilines is 1. The Kier molecular flexibility index (Phi) is 3.74. The fourth-order valence-electron chi connectivity index (χ4n) is 2.47. The molecular formula is C17H17N3O. The van der Waals surface area contributed by atoms with Crippen LogP contribution in [0.3, 0.4) is 0 Å². The SMILES string of the molecule is Cc1ccc(NCCc2ccc3c(c2)CCO3)nc1C#N. The zero-order valence-electron chi connectivity index (χ0n) is 12.0. The number of aryl methyl sites for hydroxylation is 1. The third-order valence-corrected chi connectivity index (χ3v) is 3.68. The van der Waals surface area contributed by atoms with E-state index in [0.29, 0.717) is 5.69 Å². The summed E-state index contributed by atoms with van der Waals surface area (Å²) in [6, 6.07) is 12.3. The Hall–Kier alpha value is -2.54. The molecule has 3 rings (SSSR count). The highest BCUT2D eigenvalue weighted by Crippen LogP contribution is 2.25. The average molecular weight is 279 g/mol. The largest absolute Gasteiger partial charge is 0.493 e. The highest BCUT2D eigenvalue weighted by molar-refractivity contribution is 5.43. The maximum atomic E-state index is 8.98. The van der Waals surface area contributed by atoms with Crippen molar-refractivity contribution in [2.24, 2.45) is 0 Å². The summed E-state index contributed by atoms with van der Waals surface area (Å²) in [7, 11) is 0. The fraction of sp³-hybridized carbons (Fsp3) is 0.294. The van der Waals surface area contributed by atoms with Crippen LogP contribution in [0.25, 0.3) is 0 Å². The lowest BCUT2D eigenvalue weighted by atomic mass is 10.1. The molecule has 1 N–H and O–H groups in total. The standard InChI is InChI=1S/C17H17N3O/c1-12-2-5-17(20-15(12)11-18)19-8-6-13-3-4-16-14(10-13)7-9-21-16/h2-5,10H,6-9H2,1H3,(H,19,20). The van der Waals surface area contributed by atoms with Crippen LogP contribution in [0.4, 0.5) is 5.82 Å². The summed E-state index contributed by atoms with van der Waals surface area (Å²) in [6.07, 6.45) is 1.92. The molecule has 0 saturated carbocycles. The number of ether oxygens (including phenoxy) is 1. The van der Waals surface area contributed by atoms with E-state index in [0.717, 1.165) is 43.1 Å². The molecule has 0 atom stereocenters. The van der Waals surface area contributed by atoms with Gasteiger partial charge in [0.25, 0.3) is 0 Å². The number of nitrogens with zero attached hydrogens (tertiary/aromatic N) is 2. The quantitative estimate of drug-likeness (QED) is 0.935. The summed E-state index contributed by atoms with van der Waals surface area (Å²) in [5, 5.41) is 12.3. The van der Waals surface area contributed by atoms with Gasteiger partial charge in [-0.25, -0.2) is 4.98 Å². The van der Waals surface area contributed by atoms with E-state index < -0.39 is 0 Å². The average Bonchev–Trinajstić information content (AvgIpc) is 2.96. The van der Waals surface area contributed by atoms with Gasteiger partial charge < -0.3 is 10.1 Å². The van der Waals surface area contributed by atoms with E-state index in [1.54, 1.807) is 0 Å². The van der Waals surface area contributed by atoms with E-state index in [2.05, 4.69) is 34.6 Å². The summed E-state index contributed by atoms with van der Waals surface area (Å²) in [6.45, 7) is 3.48. The number of aromatic nitrogens is 1. The maximum absolute atomic E-state index is 8.98. The first-order chi connectivity index (χ1) is 10.3. The molecule has 1 aromatic heterocycles. The Morgan fingerprint density at radius 3 is 3.10 bits per heavy atom. The zero-order valence-corrected chi connectivity index (χ0v) is 12.0. The minimum Gasteiger partial charge on any atom is -0.493 e. The molecule has 0 bridgehead atoms. The van der Waals surface area contributed by atoms with Crippen molar-refractivity contribution in [1.29, 1.82) is 5.26 Å². The topological polar surface area (TPSA) is 57.9 Å². The molecule has 2 aromatic rings. The molecule has 0 fully saturated rings. The first-order valence-electron chi connectivity index (χ1n) is 7.12. The molecule has 21 heavy (non-hydrogen) atoms. The molecule has 0 radical (unpaired) electrons. The predicted octanol–water partition coefficient (Wildman–Crippen LogP) is 2.85. The van der Waals surface area contributed by atoms with Gasteiger partial charge in [-0.1, -0.05) is 18.2 Å². The molecule has 0 saturated heterocycles. The van der Waals surface area contributed by atoms with Crippen molar-refractivity contribution in [1.82, 2.24) is 4.98 Å². The molecule has 0 amide bonds. The minimum atomic E-state index is 0.481. The molecule has 4 nitrogen and oxygen atoms in total. The molecule has 0 spiro atoms. The first-order valence-corrected chi connectivity index (χ1v) is 7.12. The lowest BCUT2D eigenvalue weighted by Gasteiger charge is -2.08. The number of nitrogens with one attached hydrogen (secondary N) is 1. The van der Waals surface area contributed by atoms with E-state index >= 15 is 0 Å². The normalized spacial score (nSPS) is 12.4. The van der Waals surface area contributed by atoms with Crippen LogP contribution in [0.5, 0.6) is 5.75 Å². The van der Waals surface area contributed by atoms with Crippen molar-refractivity contribution in [3.8, 4) is 11.8 Å². The maximum Gasteiger partial charge on any atom is 0.145 e. The second-order valence-corrected chi connectivity index (χ2v) is 5.19. The van der Waals surface area contributed by atoms with Gasteiger partial charge in [0.1, 0.15) is 23.3 Å². The molecule has 4 heteroatoms. The minimum absolute atomic E-state index is 0.481. The number of rotatable bonds is 4. The Morgan fingerprint density at radius 1 is 1.33 bits per heavy atom. The van der Waals surface area contributed by atoms with Gasteiger partial charge >= 0.3 is 0 Å². The second kappa shape index (κ2) is 5.84. The van der Waals surface area contributed by atoms with E-state index in [1.165, 1.54) is 11.1 Å². The smallest absolute Gasteiger partial charge is 0.145 e. The number of benzene rings is 1. The lowest BCUT2D eigenvalue weighted by molar-refractivity contribution is 0.357. The Balaban J connectivity index is 1.60. The number of hydrogen-bond acceptors (Lipinski definition) is 4. The van der Waals surface area contributed by atoms with Crippen LogP contribution in [0.1, 0.15) is 22.4 Å². The van der Waals surface area contributed by atoms with E-state index in [-0.39, 0.29) is 0 Å². The Morgan fingerprint density at radius 2 is 2.24 bits per heavy atom. The summed E-state index contributed by atoms with van der Waals surface area (Å²) in [5.74, 6) is 1.77. The van der Waals surface area contributed by atoms with Crippen LogP contribution in [0.2, 0.25) is 0 Å². The molecule has 0 unspecified atom stereocenters. The molecule has 2 heterocycles. The Labute approximate surface area is 124 Å². The van der Waals surface area contributed by atoms with Crippen molar-refractivity contribution in [3.05, 3.63) is 52.7 Å². The summed E-state index contributed by atoms with van der Waals surface area (Å²) < 4.78 is 5.51. The third-order valence-electron chi connectivity index (χ3n) is 3.68. The van der Waals surface area contributed by atoms with Crippen LogP contribution in [0.15, 0.2) is 30.3 Å². The van der Waals surface area contributed by atoms with Crippen molar-refractivity contribution < 1.29 is 4.74 Å². The van der Waals surface area contributed by atoms with Gasteiger partial charge in [-0.3, -0.25) is 0 Å². The lowest BCUT2D eigenvalue weighted by Crippen LogP contribution is -2.07. The fourth-order valence-corrected chi connectivity index (χ4v) is 2.47. The van der Waals surface area contributed by atoms with Gasteiger partial charge in [0.15, 0.2) is 0 Å². The number of fused-ring (bicyclic) bond motifs is 1. The third kappa shape index (κ3) is 2.97. The zero-order chi connectivity index (χ0) is 14.7. The number of nitriles is 1. The molecule has 1 aliphatic heterocycles. The molecule has 106 valence electrons. The summed E-state index contributed by atoms with van der Waals surface area (Å²) in [4.78, 5) is 4.29. The molecular weight excluding hydrogens is 262 g/mol. The van der Waals surface area contributed by atoms with Gasteiger partial charge in [-0.15, -0.1) is 0 Å². The van der Waals surface area contributed by atoms with Gasteiger partial charge in [-0.2, -0.15) is 5.26 Å². The molecule has 1 aromatic carbocycles. The molecule has 0 aliphatic carbocycles. The first kappa shape index (κ1) is 13.4. The van der Waals surface area contributed by atoms with Crippen LogP contribution in [0, 0.1) is 18.3 Å². The summed E-state index contributed by atoms with van der Waals surface area (Å²) >= 11 is 0. The van der Waals surface area contributed by atoms with E-state index in [1.807, 2.05) is 19.1 Å². The van der Waals surface area contributed by atoms with Crippen molar-refractivity contribution in [2.45, 2.75) is 19.8 Å².